The van der Waals surface area contributed by atoms with Gasteiger partial charge in [0.25, 0.3) is 0 Å². The highest BCUT2D eigenvalue weighted by atomic mass is 127. The lowest BCUT2D eigenvalue weighted by Gasteiger charge is -2.12. The monoisotopic (exact) mass is 874 g/mol. The van der Waals surface area contributed by atoms with Crippen molar-refractivity contribution in [3.8, 4) is 34.0 Å². The highest BCUT2D eigenvalue weighted by Crippen LogP contribution is 2.25. The first-order chi connectivity index (χ1) is 23.2. The van der Waals surface area contributed by atoms with Gasteiger partial charge in [-0.15, -0.1) is 10.2 Å². The Labute approximate surface area is 311 Å². The fourth-order valence-corrected chi connectivity index (χ4v) is 6.61. The van der Waals surface area contributed by atoms with Crippen LogP contribution in [0.5, 0.6) is 11.5 Å². The minimum atomic E-state index is 0.723. The van der Waals surface area contributed by atoms with Gasteiger partial charge in [-0.1, -0.05) is 46.8 Å². The molecule has 0 aliphatic rings. The van der Waals surface area contributed by atoms with Crippen molar-refractivity contribution in [2.75, 3.05) is 54.5 Å². The first-order valence-corrected chi connectivity index (χ1v) is 18.4. The molecular formula is C36H44I2N8O2. The minimum Gasteiger partial charge on any atom is -0.492 e. The molecule has 0 spiro atoms. The summed E-state index contributed by atoms with van der Waals surface area (Å²) >= 11 is 4.71. The van der Waals surface area contributed by atoms with E-state index in [1.807, 2.05) is 21.8 Å². The number of nitrogens with zero attached hydrogens (tertiary/aromatic N) is 8. The van der Waals surface area contributed by atoms with Crippen LogP contribution in [-0.4, -0.2) is 94.3 Å². The first-order valence-electron chi connectivity index (χ1n) is 16.3. The van der Waals surface area contributed by atoms with E-state index in [1.165, 1.54) is 11.1 Å². The van der Waals surface area contributed by atoms with Crippen molar-refractivity contribution < 1.29 is 9.47 Å². The van der Waals surface area contributed by atoms with Crippen molar-refractivity contribution in [2.45, 2.75) is 38.8 Å². The molecule has 254 valence electrons. The summed E-state index contributed by atoms with van der Waals surface area (Å²) in [6.45, 7) is 4.99. The molecule has 0 aliphatic heterocycles. The number of hydrogen-bond donors (Lipinski definition) is 0. The largest absolute Gasteiger partial charge is 0.492 e. The quantitative estimate of drug-likeness (QED) is 0.0724. The summed E-state index contributed by atoms with van der Waals surface area (Å²) in [6.07, 6.45) is 7.76. The standard InChI is InChI=1S/C36H44I2N8O2/c1-43(2)17-5-21-47-35-13-7-27(23-31(35)37)15-19-45-25-33(39-41-45)29-9-11-30(12-10-29)34-26-46(42-40-34)20-16-28-8-14-36(32(38)24-28)48-22-6-18-44(3)4/h7-14,23-26H,5-6,15-22H2,1-4H3. The summed E-state index contributed by atoms with van der Waals surface area (Å²) in [5, 5.41) is 17.6. The lowest BCUT2D eigenvalue weighted by atomic mass is 10.1. The first kappa shape index (κ1) is 36.2. The van der Waals surface area contributed by atoms with Gasteiger partial charge in [-0.25, -0.2) is 0 Å². The maximum Gasteiger partial charge on any atom is 0.132 e. The second kappa shape index (κ2) is 18.1. The number of aromatic nitrogens is 6. The predicted octanol–water partition coefficient (Wildman–Crippen LogP) is 6.56. The van der Waals surface area contributed by atoms with Gasteiger partial charge in [0.05, 0.1) is 32.7 Å². The van der Waals surface area contributed by atoms with Crippen LogP contribution in [0.25, 0.3) is 22.5 Å². The Kier molecular flexibility index (Phi) is 13.6. The Hall–Kier alpha value is -3.08. The average Bonchev–Trinajstić information content (AvgIpc) is 3.75. The van der Waals surface area contributed by atoms with Gasteiger partial charge < -0.3 is 19.3 Å². The van der Waals surface area contributed by atoms with E-state index in [1.54, 1.807) is 0 Å². The Bertz CT molecular complexity index is 1610. The number of benzene rings is 3. The van der Waals surface area contributed by atoms with E-state index in [4.69, 9.17) is 9.47 Å². The zero-order valence-electron chi connectivity index (χ0n) is 28.1. The summed E-state index contributed by atoms with van der Waals surface area (Å²) in [6, 6.07) is 21.1. The molecule has 0 saturated carbocycles. The van der Waals surface area contributed by atoms with Crippen LogP contribution in [0.1, 0.15) is 24.0 Å². The third-order valence-electron chi connectivity index (χ3n) is 7.82. The molecule has 0 saturated heterocycles. The van der Waals surface area contributed by atoms with Crippen LogP contribution in [-0.2, 0) is 25.9 Å². The average molecular weight is 875 g/mol. The molecule has 2 heterocycles. The molecule has 0 aliphatic carbocycles. The Balaban J connectivity index is 1.09. The smallest absolute Gasteiger partial charge is 0.132 e. The lowest BCUT2D eigenvalue weighted by molar-refractivity contribution is 0.280. The molecular weight excluding hydrogens is 830 g/mol. The molecule has 3 aromatic carbocycles. The zero-order valence-corrected chi connectivity index (χ0v) is 32.5. The second-order valence-electron chi connectivity index (χ2n) is 12.4. The Morgan fingerprint density at radius 1 is 0.604 bits per heavy atom. The van der Waals surface area contributed by atoms with Crippen LogP contribution in [0.15, 0.2) is 73.1 Å². The molecule has 5 rings (SSSR count). The van der Waals surface area contributed by atoms with Crippen LogP contribution < -0.4 is 9.47 Å². The predicted molar refractivity (Wildman–Crippen MR) is 208 cm³/mol. The summed E-state index contributed by atoms with van der Waals surface area (Å²) in [5.41, 5.74) is 6.23. The molecule has 0 radical (unpaired) electrons. The van der Waals surface area contributed by atoms with Gasteiger partial charge in [-0.3, -0.25) is 9.36 Å². The summed E-state index contributed by atoms with van der Waals surface area (Å²) in [4.78, 5) is 4.34. The fraction of sp³-hybridized carbons (Fsp3) is 0.389. The summed E-state index contributed by atoms with van der Waals surface area (Å²) < 4.78 is 18.0. The van der Waals surface area contributed by atoms with Gasteiger partial charge in [0.15, 0.2) is 0 Å². The maximum absolute atomic E-state index is 5.97. The SMILES string of the molecule is CN(C)CCCOc1ccc(CCn2cc(-c3ccc(-c4cn(CCc5ccc(OCCCN(C)C)c(I)c5)nn4)cc3)nn2)cc1I. The second-order valence-corrected chi connectivity index (χ2v) is 14.7. The van der Waals surface area contributed by atoms with Crippen LogP contribution in [0.2, 0.25) is 0 Å². The molecule has 0 unspecified atom stereocenters. The van der Waals surface area contributed by atoms with Gasteiger partial charge >= 0.3 is 0 Å². The number of hydrogen-bond acceptors (Lipinski definition) is 8. The molecule has 48 heavy (non-hydrogen) atoms. The Morgan fingerprint density at radius 3 is 1.40 bits per heavy atom. The van der Waals surface area contributed by atoms with Crippen molar-refractivity contribution in [1.29, 1.82) is 0 Å². The molecule has 0 fully saturated rings. The third kappa shape index (κ3) is 11.0. The van der Waals surface area contributed by atoms with E-state index in [2.05, 4.69) is 164 Å². The summed E-state index contributed by atoms with van der Waals surface area (Å²) in [5.74, 6) is 1.89. The van der Waals surface area contributed by atoms with Crippen LogP contribution in [0.4, 0.5) is 0 Å². The van der Waals surface area contributed by atoms with Crippen molar-refractivity contribution in [3.05, 3.63) is 91.3 Å². The normalized spacial score (nSPS) is 11.5. The molecule has 2 aromatic heterocycles. The number of rotatable bonds is 18. The fourth-order valence-electron chi connectivity index (χ4n) is 5.14. The van der Waals surface area contributed by atoms with Crippen molar-refractivity contribution in [2.24, 2.45) is 0 Å². The molecule has 0 N–H and O–H groups in total. The molecule has 5 aromatic rings. The van der Waals surface area contributed by atoms with E-state index in [9.17, 15) is 0 Å². The van der Waals surface area contributed by atoms with E-state index < -0.39 is 0 Å². The van der Waals surface area contributed by atoms with Gasteiger partial charge in [-0.05, 0) is 134 Å². The number of aryl methyl sites for hydroxylation is 4. The molecule has 12 heteroatoms. The Morgan fingerprint density at radius 2 is 1.02 bits per heavy atom. The van der Waals surface area contributed by atoms with Crippen LogP contribution in [0, 0.1) is 7.14 Å². The van der Waals surface area contributed by atoms with Crippen molar-refractivity contribution in [3.63, 3.8) is 0 Å². The van der Waals surface area contributed by atoms with Gasteiger partial charge in [0.2, 0.25) is 0 Å². The highest BCUT2D eigenvalue weighted by Gasteiger charge is 2.10. The minimum absolute atomic E-state index is 0.723. The van der Waals surface area contributed by atoms with Gasteiger partial charge in [0, 0.05) is 37.3 Å². The van der Waals surface area contributed by atoms with Crippen LogP contribution in [0.3, 0.4) is 0 Å². The maximum atomic E-state index is 5.97. The van der Waals surface area contributed by atoms with E-state index >= 15 is 0 Å². The van der Waals surface area contributed by atoms with Gasteiger partial charge in [-0.2, -0.15) is 0 Å². The summed E-state index contributed by atoms with van der Waals surface area (Å²) in [7, 11) is 8.32. The number of ether oxygens (including phenoxy) is 2. The topological polar surface area (TPSA) is 86.4 Å². The van der Waals surface area contributed by atoms with E-state index in [0.717, 1.165) is 106 Å². The van der Waals surface area contributed by atoms with E-state index in [0.29, 0.717) is 0 Å². The molecule has 0 amide bonds. The van der Waals surface area contributed by atoms with Crippen LogP contribution >= 0.6 is 45.2 Å². The zero-order chi connectivity index (χ0) is 33.9. The molecule has 10 nitrogen and oxygen atoms in total. The van der Waals surface area contributed by atoms with Crippen molar-refractivity contribution in [1.82, 2.24) is 39.8 Å². The lowest BCUT2D eigenvalue weighted by Crippen LogP contribution is -2.15. The highest BCUT2D eigenvalue weighted by molar-refractivity contribution is 14.1. The molecule has 0 bridgehead atoms. The number of halogens is 2. The van der Waals surface area contributed by atoms with Crippen molar-refractivity contribution >= 4 is 45.2 Å². The third-order valence-corrected chi connectivity index (χ3v) is 9.51. The van der Waals surface area contributed by atoms with E-state index in [-0.39, 0.29) is 0 Å². The molecule has 0 atom stereocenters. The van der Waals surface area contributed by atoms with Gasteiger partial charge in [0.1, 0.15) is 22.9 Å².